The van der Waals surface area contributed by atoms with Crippen molar-refractivity contribution < 1.29 is 13.2 Å². The van der Waals surface area contributed by atoms with Gasteiger partial charge < -0.3 is 14.6 Å². The van der Waals surface area contributed by atoms with Gasteiger partial charge in [0.1, 0.15) is 11.8 Å². The van der Waals surface area contributed by atoms with Gasteiger partial charge in [-0.2, -0.15) is 14.1 Å². The van der Waals surface area contributed by atoms with E-state index >= 15 is 0 Å². The van der Waals surface area contributed by atoms with Gasteiger partial charge in [-0.3, -0.25) is 4.79 Å². The van der Waals surface area contributed by atoms with E-state index in [4.69, 9.17) is 16.3 Å². The molecular formula is C29H32ClN5O4S. The van der Waals surface area contributed by atoms with E-state index in [1.165, 1.54) is 25.6 Å². The van der Waals surface area contributed by atoms with Gasteiger partial charge in [-0.15, -0.1) is 0 Å². The Labute approximate surface area is 238 Å². The molecule has 1 unspecified atom stereocenters. The molecule has 3 heterocycles. The van der Waals surface area contributed by atoms with Gasteiger partial charge in [-0.1, -0.05) is 35.9 Å². The van der Waals surface area contributed by atoms with E-state index in [2.05, 4.69) is 22.2 Å². The maximum atomic E-state index is 13.9. The van der Waals surface area contributed by atoms with E-state index in [0.29, 0.717) is 49.0 Å². The van der Waals surface area contributed by atoms with Crippen LogP contribution < -0.4 is 15.2 Å². The number of aryl methyl sites for hydroxylation is 1. The van der Waals surface area contributed by atoms with Gasteiger partial charge in [0.25, 0.3) is 0 Å². The first-order valence-electron chi connectivity index (χ1n) is 13.6. The highest BCUT2D eigenvalue weighted by atomic mass is 35.5. The van der Waals surface area contributed by atoms with Crippen molar-refractivity contribution in [3.63, 3.8) is 0 Å². The highest BCUT2D eigenvalue weighted by Gasteiger charge is 2.32. The molecule has 1 atom stereocenters. The number of nitrogens with one attached hydrogen (secondary N) is 1. The lowest BCUT2D eigenvalue weighted by atomic mass is 9.93. The maximum Gasteiger partial charge on any atom is 0.316 e. The summed E-state index contributed by atoms with van der Waals surface area (Å²) in [5, 5.41) is 5.67. The molecule has 0 amide bonds. The Morgan fingerprint density at radius 2 is 1.85 bits per heavy atom. The van der Waals surface area contributed by atoms with Gasteiger partial charge in [0.15, 0.2) is 0 Å². The average Bonchev–Trinajstić information content (AvgIpc) is 3.32. The van der Waals surface area contributed by atoms with Crippen LogP contribution in [0, 0.1) is 0 Å². The zero-order valence-corrected chi connectivity index (χ0v) is 24.1. The zero-order valence-electron chi connectivity index (χ0n) is 22.5. The summed E-state index contributed by atoms with van der Waals surface area (Å²) < 4.78 is 34.8. The van der Waals surface area contributed by atoms with Crippen LogP contribution in [0.1, 0.15) is 31.5 Å². The first-order valence-corrected chi connectivity index (χ1v) is 15.5. The summed E-state index contributed by atoms with van der Waals surface area (Å²) in [5.41, 5.74) is 4.30. The van der Waals surface area contributed by atoms with Gasteiger partial charge in [-0.25, -0.2) is 8.42 Å². The lowest BCUT2D eigenvalue weighted by Gasteiger charge is -2.37. The Bertz CT molecular complexity index is 1720. The van der Waals surface area contributed by atoms with Crippen LogP contribution in [-0.4, -0.2) is 65.0 Å². The van der Waals surface area contributed by atoms with Crippen molar-refractivity contribution >= 4 is 38.2 Å². The van der Waals surface area contributed by atoms with E-state index < -0.39 is 15.3 Å². The Balaban J connectivity index is 1.34. The molecule has 210 valence electrons. The summed E-state index contributed by atoms with van der Waals surface area (Å²) in [4.78, 5) is 19.5. The SMILES string of the molecule is CC(C)S(=O)(=O)N1CCN(c2cnn(-c3cccc(Cl)c3)c(=O)c2OC2CCc3[nH]c4ccccc4c3C2)CC1. The molecule has 40 heavy (non-hydrogen) atoms. The normalized spacial score (nSPS) is 18.3. The van der Waals surface area contributed by atoms with Crippen LogP contribution in [0.2, 0.25) is 5.02 Å². The van der Waals surface area contributed by atoms with E-state index in [9.17, 15) is 13.2 Å². The van der Waals surface area contributed by atoms with Crippen LogP contribution in [0.3, 0.4) is 0 Å². The lowest BCUT2D eigenvalue weighted by Crippen LogP contribution is -2.50. The molecule has 1 N–H and O–H groups in total. The standard InChI is InChI=1S/C29H32ClN5O4S/c1-19(2)40(37,38)34-14-12-33(13-15-34)27-18-31-35(21-7-5-6-20(30)16-21)29(36)28(27)39-22-10-11-26-24(17-22)23-8-3-4-9-25(23)32-26/h3-9,16,18-19,22,32H,10-15,17H2,1-2H3. The number of H-pyrrole nitrogens is 1. The summed E-state index contributed by atoms with van der Waals surface area (Å²) in [6, 6.07) is 15.2. The number of piperazine rings is 1. The van der Waals surface area contributed by atoms with Crippen molar-refractivity contribution in [2.45, 2.75) is 44.5 Å². The van der Waals surface area contributed by atoms with E-state index in [1.54, 1.807) is 44.3 Å². The Kier molecular flexibility index (Phi) is 7.10. The number of sulfonamides is 1. The van der Waals surface area contributed by atoms with Gasteiger partial charge in [0.05, 0.1) is 17.1 Å². The molecule has 2 aliphatic rings. The molecule has 0 radical (unpaired) electrons. The minimum Gasteiger partial charge on any atom is -0.483 e. The third kappa shape index (κ3) is 4.88. The Morgan fingerprint density at radius 3 is 2.60 bits per heavy atom. The minimum atomic E-state index is -3.36. The molecule has 9 nitrogen and oxygen atoms in total. The second-order valence-electron chi connectivity index (χ2n) is 10.6. The number of hydrogen-bond donors (Lipinski definition) is 1. The third-order valence-electron chi connectivity index (χ3n) is 7.84. The number of hydrogen-bond acceptors (Lipinski definition) is 6. The highest BCUT2D eigenvalue weighted by Crippen LogP contribution is 2.33. The second kappa shape index (κ2) is 10.6. The van der Waals surface area contributed by atoms with Crippen LogP contribution in [-0.2, 0) is 22.9 Å². The highest BCUT2D eigenvalue weighted by molar-refractivity contribution is 7.89. The predicted octanol–water partition coefficient (Wildman–Crippen LogP) is 4.16. The number of rotatable bonds is 6. The van der Waals surface area contributed by atoms with Gasteiger partial charge >= 0.3 is 5.56 Å². The molecule has 11 heteroatoms. The number of fused-ring (bicyclic) bond motifs is 3. The smallest absolute Gasteiger partial charge is 0.316 e. The van der Waals surface area contributed by atoms with E-state index in [-0.39, 0.29) is 17.4 Å². The fourth-order valence-electron chi connectivity index (χ4n) is 5.64. The van der Waals surface area contributed by atoms with Gasteiger partial charge in [-0.05, 0) is 56.5 Å². The number of aromatic nitrogens is 3. The second-order valence-corrected chi connectivity index (χ2v) is 13.6. The van der Waals surface area contributed by atoms with Crippen molar-refractivity contribution in [1.82, 2.24) is 19.1 Å². The first-order chi connectivity index (χ1) is 19.2. The Morgan fingerprint density at radius 1 is 1.07 bits per heavy atom. The van der Waals surface area contributed by atoms with E-state index in [0.717, 1.165) is 18.4 Å². The van der Waals surface area contributed by atoms with Crippen LogP contribution in [0.5, 0.6) is 5.75 Å². The quantitative estimate of drug-likeness (QED) is 0.367. The number of benzene rings is 2. The molecule has 1 aliphatic heterocycles. The number of anilines is 1. The summed E-state index contributed by atoms with van der Waals surface area (Å²) >= 11 is 6.21. The molecule has 2 aromatic carbocycles. The summed E-state index contributed by atoms with van der Waals surface area (Å²) in [6.07, 6.45) is 3.71. The van der Waals surface area contributed by atoms with Crippen molar-refractivity contribution in [2.75, 3.05) is 31.1 Å². The molecule has 1 fully saturated rings. The van der Waals surface area contributed by atoms with Crippen LogP contribution >= 0.6 is 11.6 Å². The maximum absolute atomic E-state index is 13.9. The zero-order chi connectivity index (χ0) is 28.0. The van der Waals surface area contributed by atoms with Crippen molar-refractivity contribution in [3.8, 4) is 11.4 Å². The van der Waals surface area contributed by atoms with Crippen LogP contribution in [0.15, 0.2) is 59.5 Å². The van der Waals surface area contributed by atoms with Crippen molar-refractivity contribution in [2.24, 2.45) is 0 Å². The lowest BCUT2D eigenvalue weighted by molar-refractivity contribution is 0.181. The van der Waals surface area contributed by atoms with Crippen molar-refractivity contribution in [3.05, 3.63) is 81.4 Å². The number of nitrogens with zero attached hydrogens (tertiary/aromatic N) is 4. The molecule has 0 bridgehead atoms. The summed E-state index contributed by atoms with van der Waals surface area (Å²) in [6.45, 7) is 4.91. The van der Waals surface area contributed by atoms with Crippen molar-refractivity contribution in [1.29, 1.82) is 0 Å². The third-order valence-corrected chi connectivity index (χ3v) is 10.3. The monoisotopic (exact) mass is 581 g/mol. The summed E-state index contributed by atoms with van der Waals surface area (Å²) in [7, 11) is -3.36. The molecule has 2 aromatic heterocycles. The fraction of sp³-hybridized carbons (Fsp3) is 0.379. The number of aromatic amines is 1. The largest absolute Gasteiger partial charge is 0.483 e. The molecule has 4 aromatic rings. The molecular weight excluding hydrogens is 550 g/mol. The fourth-order valence-corrected chi connectivity index (χ4v) is 7.10. The molecule has 6 rings (SSSR count). The number of halogens is 1. The Hall–Kier alpha value is -3.34. The number of para-hydroxylation sites is 1. The molecule has 0 spiro atoms. The van der Waals surface area contributed by atoms with Crippen LogP contribution in [0.25, 0.3) is 16.6 Å². The van der Waals surface area contributed by atoms with Crippen LogP contribution in [0.4, 0.5) is 5.69 Å². The molecule has 1 saturated heterocycles. The number of ether oxygens (including phenoxy) is 1. The molecule has 0 saturated carbocycles. The topological polar surface area (TPSA) is 101 Å². The summed E-state index contributed by atoms with van der Waals surface area (Å²) in [5.74, 6) is 0.225. The van der Waals surface area contributed by atoms with E-state index in [1.807, 2.05) is 17.0 Å². The first kappa shape index (κ1) is 26.9. The van der Waals surface area contributed by atoms with Gasteiger partial charge in [0, 0.05) is 54.2 Å². The molecule has 1 aliphatic carbocycles. The minimum absolute atomic E-state index is 0.198. The average molecular weight is 582 g/mol. The van der Waals surface area contributed by atoms with Gasteiger partial charge in [0.2, 0.25) is 15.8 Å². The predicted molar refractivity (Wildman–Crippen MR) is 157 cm³/mol.